The summed E-state index contributed by atoms with van der Waals surface area (Å²) in [6, 6.07) is 0. The Balaban J connectivity index is 0.00000169. The fraction of sp³-hybridized carbons (Fsp3) is 0.571. The van der Waals surface area contributed by atoms with Gasteiger partial charge in [-0.2, -0.15) is 0 Å². The molecule has 0 saturated heterocycles. The topological polar surface area (TPSA) is 83.0 Å². The lowest BCUT2D eigenvalue weighted by Crippen LogP contribution is -2.07. The van der Waals surface area contributed by atoms with Gasteiger partial charge in [0, 0.05) is 7.05 Å². The Bertz CT molecular complexity index is 313. The molecule has 1 rings (SSSR count). The molecule has 7 heteroatoms. The number of halogens is 1. The maximum atomic E-state index is 11.1. The van der Waals surface area contributed by atoms with E-state index in [1.54, 1.807) is 14.0 Å². The fourth-order valence-corrected chi connectivity index (χ4v) is 0.877. The Morgan fingerprint density at radius 3 is 2.71 bits per heavy atom. The van der Waals surface area contributed by atoms with Gasteiger partial charge in [-0.1, -0.05) is 0 Å². The van der Waals surface area contributed by atoms with Crippen molar-refractivity contribution in [1.82, 2.24) is 14.8 Å². The molecule has 80 valence electrons. The largest absolute Gasteiger partial charge is 0.460 e. The molecule has 0 bridgehead atoms. The number of rotatable bonds is 3. The van der Waals surface area contributed by atoms with Crippen molar-refractivity contribution in [3.63, 3.8) is 0 Å². The smallest absolute Gasteiger partial charge is 0.378 e. The van der Waals surface area contributed by atoms with Gasteiger partial charge in [-0.3, -0.25) is 4.68 Å². The quantitative estimate of drug-likeness (QED) is 0.718. The van der Waals surface area contributed by atoms with Gasteiger partial charge in [-0.15, -0.1) is 17.5 Å². The highest BCUT2D eigenvalue weighted by Gasteiger charge is 2.14. The zero-order chi connectivity index (χ0) is 9.84. The van der Waals surface area contributed by atoms with Gasteiger partial charge < -0.3 is 10.5 Å². The average molecular weight is 221 g/mol. The van der Waals surface area contributed by atoms with Crippen LogP contribution in [-0.4, -0.2) is 27.3 Å². The minimum absolute atomic E-state index is 0. The average Bonchev–Trinajstić information content (AvgIpc) is 2.47. The van der Waals surface area contributed by atoms with Crippen LogP contribution in [0.2, 0.25) is 0 Å². The molecule has 0 aliphatic heterocycles. The number of hydrogen-bond acceptors (Lipinski definition) is 5. The van der Waals surface area contributed by atoms with Crippen molar-refractivity contribution in [2.75, 3.05) is 6.61 Å². The second-order valence-corrected chi connectivity index (χ2v) is 2.40. The Hall–Kier alpha value is -1.14. The van der Waals surface area contributed by atoms with Crippen LogP contribution in [0.3, 0.4) is 0 Å². The summed E-state index contributed by atoms with van der Waals surface area (Å²) in [6.07, 6.45) is 0. The van der Waals surface area contributed by atoms with E-state index < -0.39 is 5.97 Å². The predicted octanol–water partition coefficient (Wildman–Crippen LogP) is -0.128. The summed E-state index contributed by atoms with van der Waals surface area (Å²) < 4.78 is 6.19. The number of esters is 1. The Kier molecular flexibility index (Phi) is 5.11. The molecule has 1 heterocycles. The van der Waals surface area contributed by atoms with Crippen LogP contribution in [0, 0.1) is 0 Å². The normalized spacial score (nSPS) is 9.36. The molecule has 0 saturated carbocycles. The van der Waals surface area contributed by atoms with Crippen molar-refractivity contribution in [3.05, 3.63) is 11.6 Å². The summed E-state index contributed by atoms with van der Waals surface area (Å²) in [6.45, 7) is 2.29. The third kappa shape index (κ3) is 2.68. The third-order valence-corrected chi connectivity index (χ3v) is 1.49. The van der Waals surface area contributed by atoms with Crippen LogP contribution in [0.15, 0.2) is 0 Å². The van der Waals surface area contributed by atoms with Gasteiger partial charge in [-0.25, -0.2) is 9.78 Å². The van der Waals surface area contributed by atoms with Crippen LogP contribution in [0.5, 0.6) is 0 Å². The summed E-state index contributed by atoms with van der Waals surface area (Å²) in [5.74, 6) is 0.102. The number of nitrogens with two attached hydrogens (primary N) is 1. The monoisotopic (exact) mass is 220 g/mol. The van der Waals surface area contributed by atoms with E-state index in [0.29, 0.717) is 12.4 Å². The van der Waals surface area contributed by atoms with Gasteiger partial charge in [0.15, 0.2) is 0 Å². The Labute approximate surface area is 87.9 Å². The summed E-state index contributed by atoms with van der Waals surface area (Å²) in [5.41, 5.74) is 5.36. The first-order valence-corrected chi connectivity index (χ1v) is 3.96. The van der Waals surface area contributed by atoms with E-state index in [4.69, 9.17) is 10.5 Å². The molecule has 0 aromatic carbocycles. The SMILES string of the molecule is CCOC(=O)c1nc(CN)n(C)n1.Cl. The van der Waals surface area contributed by atoms with Crippen LogP contribution in [0.1, 0.15) is 23.4 Å². The molecule has 0 atom stereocenters. The first-order chi connectivity index (χ1) is 6.19. The molecule has 14 heavy (non-hydrogen) atoms. The van der Waals surface area contributed by atoms with Gasteiger partial charge in [-0.05, 0) is 6.92 Å². The van der Waals surface area contributed by atoms with Crippen LogP contribution in [0.25, 0.3) is 0 Å². The molecule has 0 aliphatic carbocycles. The second kappa shape index (κ2) is 5.56. The van der Waals surface area contributed by atoms with Crippen molar-refractivity contribution in [1.29, 1.82) is 0 Å². The number of aromatic nitrogens is 3. The number of nitrogens with zero attached hydrogens (tertiary/aromatic N) is 3. The molecule has 1 aromatic rings. The lowest BCUT2D eigenvalue weighted by molar-refractivity contribution is 0.0512. The molecular weight excluding hydrogens is 208 g/mol. The number of ether oxygens (including phenoxy) is 1. The standard InChI is InChI=1S/C7H12N4O2.ClH/c1-3-13-7(12)6-9-5(4-8)11(2)10-6;/h3-4,8H2,1-2H3;1H. The Morgan fingerprint density at radius 1 is 1.64 bits per heavy atom. The van der Waals surface area contributed by atoms with Crippen molar-refractivity contribution in [3.8, 4) is 0 Å². The molecule has 0 amide bonds. The summed E-state index contributed by atoms with van der Waals surface area (Å²) >= 11 is 0. The molecule has 6 nitrogen and oxygen atoms in total. The van der Waals surface area contributed by atoms with Gasteiger partial charge in [0.05, 0.1) is 13.2 Å². The van der Waals surface area contributed by atoms with E-state index >= 15 is 0 Å². The molecule has 1 aromatic heterocycles. The van der Waals surface area contributed by atoms with Crippen LogP contribution < -0.4 is 5.73 Å². The van der Waals surface area contributed by atoms with Gasteiger partial charge in [0.1, 0.15) is 5.82 Å². The fourth-order valence-electron chi connectivity index (χ4n) is 0.877. The zero-order valence-corrected chi connectivity index (χ0v) is 8.87. The molecule has 0 unspecified atom stereocenters. The van der Waals surface area contributed by atoms with Crippen molar-refractivity contribution in [2.24, 2.45) is 12.8 Å². The van der Waals surface area contributed by atoms with Gasteiger partial charge >= 0.3 is 5.97 Å². The van der Waals surface area contributed by atoms with E-state index in [0.717, 1.165) is 0 Å². The van der Waals surface area contributed by atoms with E-state index in [2.05, 4.69) is 10.1 Å². The second-order valence-electron chi connectivity index (χ2n) is 2.40. The maximum absolute atomic E-state index is 11.1. The first kappa shape index (κ1) is 12.9. The number of carbonyl (C=O) groups is 1. The lowest BCUT2D eigenvalue weighted by atomic mass is 10.6. The van der Waals surface area contributed by atoms with Gasteiger partial charge in [0.2, 0.25) is 0 Å². The maximum Gasteiger partial charge on any atom is 0.378 e. The van der Waals surface area contributed by atoms with E-state index in [-0.39, 0.29) is 24.8 Å². The van der Waals surface area contributed by atoms with E-state index in [1.165, 1.54) is 4.68 Å². The van der Waals surface area contributed by atoms with Crippen molar-refractivity contribution < 1.29 is 9.53 Å². The predicted molar refractivity (Wildman–Crippen MR) is 52.1 cm³/mol. The van der Waals surface area contributed by atoms with Crippen LogP contribution >= 0.6 is 12.4 Å². The summed E-state index contributed by atoms with van der Waals surface area (Å²) in [7, 11) is 1.68. The minimum atomic E-state index is -0.516. The first-order valence-electron chi connectivity index (χ1n) is 3.96. The zero-order valence-electron chi connectivity index (χ0n) is 8.06. The van der Waals surface area contributed by atoms with Crippen molar-refractivity contribution >= 4 is 18.4 Å². The van der Waals surface area contributed by atoms with Crippen molar-refractivity contribution in [2.45, 2.75) is 13.5 Å². The van der Waals surface area contributed by atoms with Crippen LogP contribution in [0.4, 0.5) is 0 Å². The third-order valence-electron chi connectivity index (χ3n) is 1.49. The minimum Gasteiger partial charge on any atom is -0.460 e. The Morgan fingerprint density at radius 2 is 2.29 bits per heavy atom. The molecule has 0 radical (unpaired) electrons. The molecule has 0 spiro atoms. The van der Waals surface area contributed by atoms with Gasteiger partial charge in [0.25, 0.3) is 5.82 Å². The summed E-state index contributed by atoms with van der Waals surface area (Å²) in [5, 5.41) is 3.85. The highest BCUT2D eigenvalue weighted by atomic mass is 35.5. The molecule has 2 N–H and O–H groups in total. The molecule has 0 aliphatic rings. The highest BCUT2D eigenvalue weighted by Crippen LogP contribution is 1.97. The lowest BCUT2D eigenvalue weighted by Gasteiger charge is -1.94. The summed E-state index contributed by atoms with van der Waals surface area (Å²) in [4.78, 5) is 15.0. The number of carbonyl (C=O) groups excluding carboxylic acids is 1. The number of hydrogen-bond donors (Lipinski definition) is 1. The molecular formula is C7H13ClN4O2. The highest BCUT2D eigenvalue weighted by molar-refractivity contribution is 5.85. The molecule has 0 fully saturated rings. The van der Waals surface area contributed by atoms with Crippen LogP contribution in [-0.2, 0) is 18.3 Å². The number of aryl methyl sites for hydroxylation is 1. The van der Waals surface area contributed by atoms with E-state index in [9.17, 15) is 4.79 Å². The van der Waals surface area contributed by atoms with E-state index in [1.807, 2.05) is 0 Å².